The quantitative estimate of drug-likeness (QED) is 0.683. The number of hydrogen-bond acceptors (Lipinski definition) is 2. The number of nitrogens with one attached hydrogen (secondary N) is 1. The second-order valence-corrected chi connectivity index (χ2v) is 6.92. The number of Topliss-reactive ketones (excluding diaryl/α,β-unsaturated/α-hetero) is 1. The van der Waals surface area contributed by atoms with E-state index in [-0.39, 0.29) is 11.3 Å². The molecule has 0 aliphatic carbocycles. The van der Waals surface area contributed by atoms with Gasteiger partial charge in [-0.3, -0.25) is 4.79 Å². The molecule has 1 aromatic heterocycles. The molecule has 0 saturated heterocycles. The molecule has 24 heavy (non-hydrogen) atoms. The maximum Gasteiger partial charge on any atom is 0.335 e. The van der Waals surface area contributed by atoms with Crippen LogP contribution in [0.25, 0.3) is 22.0 Å². The van der Waals surface area contributed by atoms with E-state index >= 15 is 0 Å². The minimum Gasteiger partial charge on any atom is -0.478 e. The molecule has 122 valence electrons. The van der Waals surface area contributed by atoms with Crippen molar-refractivity contribution in [2.75, 3.05) is 0 Å². The number of aromatic amines is 1. The van der Waals surface area contributed by atoms with E-state index in [1.54, 1.807) is 24.3 Å². The lowest BCUT2D eigenvalue weighted by Crippen LogP contribution is -2.20. The highest BCUT2D eigenvalue weighted by Crippen LogP contribution is 2.32. The predicted octanol–water partition coefficient (Wildman–Crippen LogP) is 4.76. The van der Waals surface area contributed by atoms with Gasteiger partial charge in [-0.25, -0.2) is 4.79 Å². The van der Waals surface area contributed by atoms with Crippen molar-refractivity contribution in [3.05, 3.63) is 59.8 Å². The summed E-state index contributed by atoms with van der Waals surface area (Å²) in [5.41, 5.74) is 3.11. The highest BCUT2D eigenvalue weighted by Gasteiger charge is 2.24. The molecule has 0 amide bonds. The van der Waals surface area contributed by atoms with Gasteiger partial charge in [0.15, 0.2) is 5.78 Å². The zero-order valence-corrected chi connectivity index (χ0v) is 13.9. The Balaban J connectivity index is 2.17. The van der Waals surface area contributed by atoms with Gasteiger partial charge in [-0.05, 0) is 41.5 Å². The summed E-state index contributed by atoms with van der Waals surface area (Å²) >= 11 is 0. The Hall–Kier alpha value is -2.88. The average Bonchev–Trinajstić information content (AvgIpc) is 3.00. The first-order chi connectivity index (χ1) is 11.3. The summed E-state index contributed by atoms with van der Waals surface area (Å²) in [6.45, 7) is 5.70. The van der Waals surface area contributed by atoms with Gasteiger partial charge in [0.05, 0.1) is 5.56 Å². The van der Waals surface area contributed by atoms with Gasteiger partial charge in [0, 0.05) is 28.1 Å². The van der Waals surface area contributed by atoms with Crippen molar-refractivity contribution in [3.63, 3.8) is 0 Å². The van der Waals surface area contributed by atoms with Gasteiger partial charge < -0.3 is 10.1 Å². The van der Waals surface area contributed by atoms with Crippen LogP contribution in [0.2, 0.25) is 0 Å². The van der Waals surface area contributed by atoms with E-state index in [0.717, 1.165) is 22.0 Å². The fraction of sp³-hybridized carbons (Fsp3) is 0.200. The van der Waals surface area contributed by atoms with Crippen molar-refractivity contribution < 1.29 is 14.7 Å². The van der Waals surface area contributed by atoms with Gasteiger partial charge >= 0.3 is 5.97 Å². The number of carbonyl (C=O) groups excluding carboxylic acids is 1. The lowest BCUT2D eigenvalue weighted by molar-refractivity contribution is 0.0696. The molecule has 0 radical (unpaired) electrons. The van der Waals surface area contributed by atoms with E-state index in [1.807, 2.05) is 45.2 Å². The molecule has 2 N–H and O–H groups in total. The molecule has 0 aliphatic rings. The second-order valence-electron chi connectivity index (χ2n) is 6.92. The van der Waals surface area contributed by atoms with Gasteiger partial charge in [-0.15, -0.1) is 0 Å². The lowest BCUT2D eigenvalue weighted by atomic mass is 9.85. The number of aromatic nitrogens is 1. The second kappa shape index (κ2) is 5.64. The van der Waals surface area contributed by atoms with Gasteiger partial charge in [-0.2, -0.15) is 0 Å². The highest BCUT2D eigenvalue weighted by molar-refractivity contribution is 6.06. The van der Waals surface area contributed by atoms with Crippen LogP contribution < -0.4 is 0 Å². The van der Waals surface area contributed by atoms with Gasteiger partial charge in [-0.1, -0.05) is 32.9 Å². The Kier molecular flexibility index (Phi) is 3.76. The molecular weight excluding hydrogens is 302 g/mol. The third-order valence-corrected chi connectivity index (χ3v) is 4.06. The Morgan fingerprint density at radius 3 is 2.21 bits per heavy atom. The fourth-order valence-corrected chi connectivity index (χ4v) is 2.76. The predicted molar refractivity (Wildman–Crippen MR) is 94.5 cm³/mol. The molecule has 0 unspecified atom stereocenters. The Labute approximate surface area is 140 Å². The van der Waals surface area contributed by atoms with Crippen molar-refractivity contribution >= 4 is 22.7 Å². The van der Waals surface area contributed by atoms with Crippen LogP contribution in [0.4, 0.5) is 0 Å². The highest BCUT2D eigenvalue weighted by atomic mass is 16.4. The van der Waals surface area contributed by atoms with Crippen LogP contribution in [0.3, 0.4) is 0 Å². The molecule has 3 aromatic rings. The molecule has 0 fully saturated rings. The van der Waals surface area contributed by atoms with Crippen LogP contribution in [0.5, 0.6) is 0 Å². The molecule has 2 aromatic carbocycles. The summed E-state index contributed by atoms with van der Waals surface area (Å²) in [4.78, 5) is 26.9. The maximum absolute atomic E-state index is 12.7. The normalized spacial score (nSPS) is 11.6. The molecule has 0 spiro atoms. The summed E-state index contributed by atoms with van der Waals surface area (Å²) in [6, 6.07) is 12.4. The van der Waals surface area contributed by atoms with Crippen LogP contribution in [-0.2, 0) is 0 Å². The summed E-state index contributed by atoms with van der Waals surface area (Å²) in [5, 5.41) is 10.0. The van der Waals surface area contributed by atoms with Crippen molar-refractivity contribution in [1.82, 2.24) is 4.98 Å². The third kappa shape index (κ3) is 2.83. The van der Waals surface area contributed by atoms with E-state index < -0.39 is 11.4 Å². The number of carboxylic acids is 1. The first-order valence-corrected chi connectivity index (χ1v) is 7.77. The van der Waals surface area contributed by atoms with Crippen molar-refractivity contribution in [1.29, 1.82) is 0 Å². The summed E-state index contributed by atoms with van der Waals surface area (Å²) < 4.78 is 0. The summed E-state index contributed by atoms with van der Waals surface area (Å²) in [6.07, 6.45) is 1.84. The van der Waals surface area contributed by atoms with Crippen LogP contribution in [-0.4, -0.2) is 21.8 Å². The van der Waals surface area contributed by atoms with Crippen molar-refractivity contribution in [2.45, 2.75) is 20.8 Å². The maximum atomic E-state index is 12.7. The molecule has 0 aliphatic heterocycles. The largest absolute Gasteiger partial charge is 0.478 e. The van der Waals surface area contributed by atoms with Crippen LogP contribution in [0, 0.1) is 5.41 Å². The number of carboxylic acid groups (broad SMARTS) is 1. The molecule has 4 nitrogen and oxygen atoms in total. The first-order valence-electron chi connectivity index (χ1n) is 7.77. The van der Waals surface area contributed by atoms with Gasteiger partial charge in [0.1, 0.15) is 0 Å². The summed E-state index contributed by atoms with van der Waals surface area (Å²) in [7, 11) is 0. The number of fused-ring (bicyclic) bond motifs is 1. The minimum absolute atomic E-state index is 0.0717. The monoisotopic (exact) mass is 321 g/mol. The molecule has 4 heteroatoms. The Morgan fingerprint density at radius 1 is 0.958 bits per heavy atom. The SMILES string of the molecule is CC(C)(C)C(=O)c1cc(-c2ccc(C(=O)O)cc2)c2cc[nH]c2c1. The van der Waals surface area contributed by atoms with Gasteiger partial charge in [0.25, 0.3) is 0 Å². The van der Waals surface area contributed by atoms with Crippen molar-refractivity contribution in [2.24, 2.45) is 5.41 Å². The number of aromatic carboxylic acids is 1. The number of hydrogen-bond donors (Lipinski definition) is 2. The number of H-pyrrole nitrogens is 1. The molecule has 3 rings (SSSR count). The fourth-order valence-electron chi connectivity index (χ4n) is 2.76. The van der Waals surface area contributed by atoms with Crippen molar-refractivity contribution in [3.8, 4) is 11.1 Å². The standard InChI is InChI=1S/C20H19NO3/c1-20(2,3)18(22)14-10-16(15-8-9-21-17(15)11-14)12-4-6-13(7-5-12)19(23)24/h4-11,21H,1-3H3,(H,23,24). The van der Waals surface area contributed by atoms with Crippen LogP contribution in [0.15, 0.2) is 48.7 Å². The van der Waals surface area contributed by atoms with E-state index in [1.165, 1.54) is 0 Å². The van der Waals surface area contributed by atoms with Crippen LogP contribution >= 0.6 is 0 Å². The smallest absolute Gasteiger partial charge is 0.335 e. The van der Waals surface area contributed by atoms with E-state index in [0.29, 0.717) is 5.56 Å². The third-order valence-electron chi connectivity index (χ3n) is 4.06. The van der Waals surface area contributed by atoms with Crippen LogP contribution in [0.1, 0.15) is 41.5 Å². The van der Waals surface area contributed by atoms with E-state index in [9.17, 15) is 9.59 Å². The number of benzene rings is 2. The summed E-state index contributed by atoms with van der Waals surface area (Å²) in [5.74, 6) is -0.882. The number of carbonyl (C=O) groups is 2. The van der Waals surface area contributed by atoms with E-state index in [2.05, 4.69) is 4.98 Å². The first kappa shape index (κ1) is 16.0. The zero-order valence-electron chi connectivity index (χ0n) is 13.9. The van der Waals surface area contributed by atoms with Gasteiger partial charge in [0.2, 0.25) is 0 Å². The Bertz CT molecular complexity index is 928. The van der Waals surface area contributed by atoms with E-state index in [4.69, 9.17) is 5.11 Å². The number of ketones is 1. The topological polar surface area (TPSA) is 70.2 Å². The molecule has 1 heterocycles. The molecular formula is C20H19NO3. The molecule has 0 bridgehead atoms. The molecule has 0 atom stereocenters. The lowest BCUT2D eigenvalue weighted by Gasteiger charge is -2.17. The zero-order chi connectivity index (χ0) is 17.5. The Morgan fingerprint density at radius 2 is 1.62 bits per heavy atom. The minimum atomic E-state index is -0.954. The number of rotatable bonds is 3. The average molecular weight is 321 g/mol. The molecule has 0 saturated carbocycles.